The van der Waals surface area contributed by atoms with E-state index in [0.29, 0.717) is 18.7 Å². The van der Waals surface area contributed by atoms with E-state index in [1.165, 1.54) is 24.3 Å². The number of piperazine rings is 1. The van der Waals surface area contributed by atoms with Crippen molar-refractivity contribution in [1.82, 2.24) is 14.5 Å². The second-order valence-electron chi connectivity index (χ2n) is 7.51. The Morgan fingerprint density at radius 3 is 2.12 bits per heavy atom. The molecule has 1 N–H and O–H groups in total. The van der Waals surface area contributed by atoms with E-state index in [9.17, 15) is 30.0 Å². The highest BCUT2D eigenvalue weighted by Crippen LogP contribution is 2.36. The number of sulfone groups is 1. The first-order chi connectivity index (χ1) is 14.9. The molecule has 0 radical (unpaired) electrons. The van der Waals surface area contributed by atoms with Crippen LogP contribution in [0.2, 0.25) is 0 Å². The van der Waals surface area contributed by atoms with Crippen LogP contribution in [-0.2, 0) is 26.0 Å². The van der Waals surface area contributed by atoms with Crippen molar-refractivity contribution >= 4 is 19.9 Å². The highest BCUT2D eigenvalue weighted by molar-refractivity contribution is 7.91. The van der Waals surface area contributed by atoms with Gasteiger partial charge in [-0.2, -0.15) is 13.2 Å². The van der Waals surface area contributed by atoms with Crippen molar-refractivity contribution in [3.63, 3.8) is 0 Å². The third kappa shape index (κ3) is 5.67. The molecule has 0 saturated carbocycles. The van der Waals surface area contributed by atoms with Gasteiger partial charge in [0.05, 0.1) is 20.2 Å². The molecule has 0 unspecified atom stereocenters. The van der Waals surface area contributed by atoms with Gasteiger partial charge in [0, 0.05) is 39.3 Å². The van der Waals surface area contributed by atoms with Crippen molar-refractivity contribution in [1.29, 1.82) is 0 Å². The Labute approximate surface area is 185 Å². The van der Waals surface area contributed by atoms with Crippen LogP contribution in [0.3, 0.4) is 0 Å². The second kappa shape index (κ2) is 9.48. The zero-order valence-corrected chi connectivity index (χ0v) is 19.0. The van der Waals surface area contributed by atoms with E-state index < -0.39 is 41.4 Å². The molecule has 2 aromatic carbocycles. The van der Waals surface area contributed by atoms with E-state index >= 15 is 0 Å². The molecule has 1 fully saturated rings. The number of nitrogens with one attached hydrogen (secondary N) is 1. The molecule has 1 aliphatic heterocycles. The summed E-state index contributed by atoms with van der Waals surface area (Å²) in [6.07, 6.45) is -4.98. The Balaban J connectivity index is 1.89. The fraction of sp³-hybridized carbons (Fsp3) is 0.400. The Morgan fingerprint density at radius 2 is 1.53 bits per heavy atom. The summed E-state index contributed by atoms with van der Waals surface area (Å²) in [5.41, 5.74) is -1.42. The number of benzene rings is 2. The maximum Gasteiger partial charge on any atom is 0.417 e. The highest BCUT2D eigenvalue weighted by Gasteiger charge is 2.38. The second-order valence-corrected chi connectivity index (χ2v) is 11.2. The van der Waals surface area contributed by atoms with E-state index in [0.717, 1.165) is 32.2 Å². The van der Waals surface area contributed by atoms with Crippen LogP contribution in [0.4, 0.5) is 13.2 Å². The largest absolute Gasteiger partial charge is 0.417 e. The van der Waals surface area contributed by atoms with Crippen molar-refractivity contribution in [2.45, 2.75) is 20.9 Å². The predicted molar refractivity (Wildman–Crippen MR) is 112 cm³/mol. The molecule has 1 heterocycles. The van der Waals surface area contributed by atoms with Gasteiger partial charge in [0.25, 0.3) is 0 Å². The van der Waals surface area contributed by atoms with Gasteiger partial charge in [0.2, 0.25) is 19.9 Å². The number of nitrogens with zero attached hydrogens (tertiary/aromatic N) is 2. The number of rotatable bonds is 7. The Morgan fingerprint density at radius 1 is 0.906 bits per heavy atom. The number of sulfonamides is 1. The average Bonchev–Trinajstić information content (AvgIpc) is 2.74. The maximum absolute atomic E-state index is 13.5. The molecule has 0 atom stereocenters. The number of alkyl halides is 3. The number of hydrogen-bond acceptors (Lipinski definition) is 6. The molecule has 1 saturated heterocycles. The summed E-state index contributed by atoms with van der Waals surface area (Å²) in [6.45, 7) is 3.29. The van der Waals surface area contributed by atoms with Crippen molar-refractivity contribution in [3.8, 4) is 0 Å². The van der Waals surface area contributed by atoms with Crippen LogP contribution >= 0.6 is 0 Å². The molecule has 176 valence electrons. The van der Waals surface area contributed by atoms with Gasteiger partial charge in [-0.15, -0.1) is 0 Å². The van der Waals surface area contributed by atoms with Gasteiger partial charge in [0.1, 0.15) is 0 Å². The van der Waals surface area contributed by atoms with Gasteiger partial charge in [-0.1, -0.05) is 18.2 Å². The third-order valence-corrected chi connectivity index (χ3v) is 8.50. The Bertz CT molecular complexity index is 1150. The fourth-order valence-corrected chi connectivity index (χ4v) is 6.00. The van der Waals surface area contributed by atoms with Crippen LogP contribution in [0, 0.1) is 0 Å². The molecule has 3 rings (SSSR count). The minimum absolute atomic E-state index is 0.0982. The van der Waals surface area contributed by atoms with Gasteiger partial charge in [-0.3, -0.25) is 4.90 Å². The van der Waals surface area contributed by atoms with Crippen LogP contribution in [0.15, 0.2) is 63.2 Å². The van der Waals surface area contributed by atoms with Crippen molar-refractivity contribution in [2.24, 2.45) is 0 Å². The molecule has 0 spiro atoms. The lowest BCUT2D eigenvalue weighted by Crippen LogP contribution is -2.46. The normalized spacial score (nSPS) is 16.9. The van der Waals surface area contributed by atoms with Crippen molar-refractivity contribution in [3.05, 3.63) is 54.1 Å². The monoisotopic (exact) mass is 491 g/mol. The van der Waals surface area contributed by atoms with E-state index in [4.69, 9.17) is 0 Å². The van der Waals surface area contributed by atoms with Gasteiger partial charge in [-0.05, 0) is 37.4 Å². The summed E-state index contributed by atoms with van der Waals surface area (Å²) in [5.74, 6) is 0. The summed E-state index contributed by atoms with van der Waals surface area (Å²) >= 11 is 0. The minimum Gasteiger partial charge on any atom is -0.304 e. The Kier molecular flexibility index (Phi) is 7.30. The van der Waals surface area contributed by atoms with E-state index in [1.54, 1.807) is 6.07 Å². The SMILES string of the molecule is CN1CCN(CCNS(=O)(=O)c2cc(S(=O)(=O)c3ccccc3)ccc2C(F)(F)F)CC1. The Hall–Kier alpha value is -1.99. The standard InChI is InChI=1S/C20H24F3N3O4S2/c1-25-11-13-26(14-12-25)10-9-24-32(29,30)19-15-17(7-8-18(19)20(21,22)23)31(27,28)16-5-3-2-4-6-16/h2-8,15,24H,9-14H2,1H3. The van der Waals surface area contributed by atoms with Crippen molar-refractivity contribution in [2.75, 3.05) is 46.3 Å². The zero-order chi connectivity index (χ0) is 23.6. The first-order valence-electron chi connectivity index (χ1n) is 9.83. The lowest BCUT2D eigenvalue weighted by Gasteiger charge is -2.32. The topological polar surface area (TPSA) is 86.8 Å². The van der Waals surface area contributed by atoms with E-state index in [1.807, 2.05) is 11.9 Å². The van der Waals surface area contributed by atoms with Crippen molar-refractivity contribution < 1.29 is 30.0 Å². The molecule has 0 amide bonds. The van der Waals surface area contributed by atoms with E-state index in [-0.39, 0.29) is 11.4 Å². The molecular formula is C20H24F3N3O4S2. The van der Waals surface area contributed by atoms with Crippen LogP contribution in [0.1, 0.15) is 5.56 Å². The fourth-order valence-electron chi connectivity index (χ4n) is 3.35. The lowest BCUT2D eigenvalue weighted by molar-refractivity contribution is -0.139. The third-order valence-electron chi connectivity index (χ3n) is 5.23. The van der Waals surface area contributed by atoms with Crippen LogP contribution < -0.4 is 4.72 Å². The molecule has 32 heavy (non-hydrogen) atoms. The molecule has 2 aromatic rings. The first kappa shape index (κ1) is 24.6. The number of halogens is 3. The molecular weight excluding hydrogens is 467 g/mol. The van der Waals surface area contributed by atoms with E-state index in [2.05, 4.69) is 9.62 Å². The van der Waals surface area contributed by atoms with Gasteiger partial charge >= 0.3 is 6.18 Å². The van der Waals surface area contributed by atoms with Crippen LogP contribution in [0.5, 0.6) is 0 Å². The smallest absolute Gasteiger partial charge is 0.304 e. The molecule has 7 nitrogen and oxygen atoms in total. The number of likely N-dealkylation sites (N-methyl/N-ethyl adjacent to an activating group) is 1. The van der Waals surface area contributed by atoms with Gasteiger partial charge < -0.3 is 4.90 Å². The van der Waals surface area contributed by atoms with Crippen LogP contribution in [0.25, 0.3) is 0 Å². The van der Waals surface area contributed by atoms with Gasteiger partial charge in [-0.25, -0.2) is 21.6 Å². The molecule has 12 heteroatoms. The zero-order valence-electron chi connectivity index (χ0n) is 17.3. The summed E-state index contributed by atoms with van der Waals surface area (Å²) in [4.78, 5) is 2.33. The van der Waals surface area contributed by atoms with Crippen LogP contribution in [-0.4, -0.2) is 73.0 Å². The summed E-state index contributed by atoms with van der Waals surface area (Å²) in [5, 5.41) is 0. The first-order valence-corrected chi connectivity index (χ1v) is 12.8. The lowest BCUT2D eigenvalue weighted by atomic mass is 10.2. The molecule has 0 aromatic heterocycles. The quantitative estimate of drug-likeness (QED) is 0.638. The molecule has 1 aliphatic rings. The maximum atomic E-state index is 13.5. The predicted octanol–water partition coefficient (Wildman–Crippen LogP) is 2.06. The molecule has 0 aliphatic carbocycles. The summed E-state index contributed by atoms with van der Waals surface area (Å²) in [7, 11) is -6.85. The molecule has 0 bridgehead atoms. The minimum atomic E-state index is -4.98. The van der Waals surface area contributed by atoms with Gasteiger partial charge in [0.15, 0.2) is 0 Å². The highest BCUT2D eigenvalue weighted by atomic mass is 32.2. The summed E-state index contributed by atoms with van der Waals surface area (Å²) in [6, 6.07) is 8.93. The average molecular weight is 492 g/mol. The number of hydrogen-bond donors (Lipinski definition) is 1. The summed E-state index contributed by atoms with van der Waals surface area (Å²) < 4.78 is 93.9.